The van der Waals surface area contributed by atoms with Gasteiger partial charge < -0.3 is 14.2 Å². The number of benzene rings is 1. The van der Waals surface area contributed by atoms with Crippen LogP contribution < -0.4 is 0 Å². The summed E-state index contributed by atoms with van der Waals surface area (Å²) in [5.74, 6) is -0.372. The van der Waals surface area contributed by atoms with Crippen LogP contribution in [0.4, 0.5) is 0 Å². The molecule has 0 amide bonds. The quantitative estimate of drug-likeness (QED) is 0.561. The van der Waals surface area contributed by atoms with Gasteiger partial charge in [0.2, 0.25) is 0 Å². The molecular formula is C11H14O4. The van der Waals surface area contributed by atoms with Gasteiger partial charge in [-0.2, -0.15) is 0 Å². The maximum atomic E-state index is 11.3. The molecule has 4 nitrogen and oxygen atoms in total. The van der Waals surface area contributed by atoms with E-state index in [2.05, 4.69) is 4.74 Å². The highest BCUT2D eigenvalue weighted by atomic mass is 16.7. The molecule has 0 atom stereocenters. The number of hydrogen-bond donors (Lipinski definition) is 0. The molecular weight excluding hydrogens is 196 g/mol. The normalized spacial score (nSPS) is 10.4. The smallest absolute Gasteiger partial charge is 0.337 e. The summed E-state index contributed by atoms with van der Waals surface area (Å²) < 4.78 is 14.8. The van der Waals surface area contributed by atoms with Crippen LogP contribution in [0.1, 0.15) is 22.2 Å². The molecule has 0 unspecified atom stereocenters. The molecule has 15 heavy (non-hydrogen) atoms. The first-order valence-electron chi connectivity index (χ1n) is 4.46. The number of rotatable bonds is 4. The monoisotopic (exact) mass is 210 g/mol. The van der Waals surface area contributed by atoms with Crippen LogP contribution in [0.2, 0.25) is 0 Å². The van der Waals surface area contributed by atoms with Crippen LogP contribution >= 0.6 is 0 Å². The van der Waals surface area contributed by atoms with E-state index in [4.69, 9.17) is 9.47 Å². The Morgan fingerprint density at radius 2 is 1.87 bits per heavy atom. The van der Waals surface area contributed by atoms with E-state index in [1.807, 2.05) is 6.07 Å². The van der Waals surface area contributed by atoms with E-state index in [1.54, 1.807) is 32.4 Å². The van der Waals surface area contributed by atoms with E-state index >= 15 is 0 Å². The number of hydrogen-bond acceptors (Lipinski definition) is 4. The summed E-state index contributed by atoms with van der Waals surface area (Å²) in [5.41, 5.74) is 1.26. The van der Waals surface area contributed by atoms with Gasteiger partial charge in [0, 0.05) is 19.8 Å². The lowest BCUT2D eigenvalue weighted by atomic mass is 10.1. The molecule has 82 valence electrons. The third kappa shape index (κ3) is 2.78. The highest BCUT2D eigenvalue weighted by Gasteiger charge is 2.12. The molecule has 0 heterocycles. The number of methoxy groups -OCH3 is 3. The Bertz CT molecular complexity index is 331. The van der Waals surface area contributed by atoms with Crippen molar-refractivity contribution in [1.82, 2.24) is 0 Å². The van der Waals surface area contributed by atoms with E-state index in [9.17, 15) is 4.79 Å². The number of ether oxygens (including phenoxy) is 3. The molecule has 0 aliphatic heterocycles. The Balaban J connectivity index is 2.96. The lowest BCUT2D eigenvalue weighted by Crippen LogP contribution is -2.06. The highest BCUT2D eigenvalue weighted by molar-refractivity contribution is 5.89. The predicted octanol–water partition coefficient (Wildman–Crippen LogP) is 1.76. The Kier molecular flexibility index (Phi) is 4.27. The Labute approximate surface area is 88.8 Å². The average molecular weight is 210 g/mol. The van der Waals surface area contributed by atoms with Crippen LogP contribution in [0, 0.1) is 0 Å². The summed E-state index contributed by atoms with van der Waals surface area (Å²) in [5, 5.41) is 0. The van der Waals surface area contributed by atoms with Gasteiger partial charge in [0.25, 0.3) is 0 Å². The van der Waals surface area contributed by atoms with Gasteiger partial charge in [0.05, 0.1) is 12.7 Å². The van der Waals surface area contributed by atoms with E-state index in [0.29, 0.717) is 5.56 Å². The summed E-state index contributed by atoms with van der Waals surface area (Å²) in [6.07, 6.45) is -0.463. The first kappa shape index (κ1) is 11.7. The molecule has 0 bridgehead atoms. The number of carbonyl (C=O) groups is 1. The van der Waals surface area contributed by atoms with Crippen LogP contribution in [0.5, 0.6) is 0 Å². The van der Waals surface area contributed by atoms with Gasteiger partial charge in [0.1, 0.15) is 0 Å². The van der Waals surface area contributed by atoms with Gasteiger partial charge in [-0.15, -0.1) is 0 Å². The standard InChI is InChI=1S/C11H14O4/c1-13-10(12)8-5-4-6-9(7-8)11(14-2)15-3/h4-7,11H,1-3H3. The minimum atomic E-state index is -0.463. The van der Waals surface area contributed by atoms with Crippen LogP contribution in [0.3, 0.4) is 0 Å². The second kappa shape index (κ2) is 5.48. The SMILES string of the molecule is COC(=O)c1cccc(C(OC)OC)c1. The second-order valence-corrected chi connectivity index (χ2v) is 2.92. The fraction of sp³-hybridized carbons (Fsp3) is 0.364. The molecule has 1 rings (SSSR count). The summed E-state index contributed by atoms with van der Waals surface area (Å²) in [6, 6.07) is 6.94. The number of carbonyl (C=O) groups excluding carboxylic acids is 1. The lowest BCUT2D eigenvalue weighted by molar-refractivity contribution is -0.106. The zero-order valence-corrected chi connectivity index (χ0v) is 9.02. The molecule has 1 aromatic rings. The molecule has 0 N–H and O–H groups in total. The van der Waals surface area contributed by atoms with Gasteiger partial charge in [-0.1, -0.05) is 12.1 Å². The van der Waals surface area contributed by atoms with Crippen molar-refractivity contribution in [3.8, 4) is 0 Å². The summed E-state index contributed by atoms with van der Waals surface area (Å²) in [6.45, 7) is 0. The van der Waals surface area contributed by atoms with E-state index < -0.39 is 6.29 Å². The van der Waals surface area contributed by atoms with Crippen molar-refractivity contribution in [3.05, 3.63) is 35.4 Å². The van der Waals surface area contributed by atoms with Crippen molar-refractivity contribution in [2.45, 2.75) is 6.29 Å². The Morgan fingerprint density at radius 1 is 1.20 bits per heavy atom. The summed E-state index contributed by atoms with van der Waals surface area (Å²) in [4.78, 5) is 11.3. The molecule has 0 fully saturated rings. The van der Waals surface area contributed by atoms with E-state index in [1.165, 1.54) is 7.11 Å². The maximum absolute atomic E-state index is 11.3. The van der Waals surface area contributed by atoms with E-state index in [-0.39, 0.29) is 5.97 Å². The largest absolute Gasteiger partial charge is 0.465 e. The summed E-state index contributed by atoms with van der Waals surface area (Å²) in [7, 11) is 4.43. The zero-order valence-electron chi connectivity index (χ0n) is 9.02. The van der Waals surface area contributed by atoms with Gasteiger partial charge in [0.15, 0.2) is 6.29 Å². The molecule has 0 spiro atoms. The fourth-order valence-electron chi connectivity index (χ4n) is 1.30. The maximum Gasteiger partial charge on any atom is 0.337 e. The fourth-order valence-corrected chi connectivity index (χ4v) is 1.30. The average Bonchev–Trinajstić information content (AvgIpc) is 2.30. The van der Waals surface area contributed by atoms with E-state index in [0.717, 1.165) is 5.56 Å². The van der Waals surface area contributed by atoms with Gasteiger partial charge >= 0.3 is 5.97 Å². The highest BCUT2D eigenvalue weighted by Crippen LogP contribution is 2.18. The van der Waals surface area contributed by atoms with Crippen molar-refractivity contribution >= 4 is 5.97 Å². The zero-order chi connectivity index (χ0) is 11.3. The van der Waals surface area contributed by atoms with Crippen LogP contribution in [0.25, 0.3) is 0 Å². The Morgan fingerprint density at radius 3 is 2.40 bits per heavy atom. The summed E-state index contributed by atoms with van der Waals surface area (Å²) >= 11 is 0. The van der Waals surface area contributed by atoms with Crippen LogP contribution in [-0.2, 0) is 14.2 Å². The molecule has 0 radical (unpaired) electrons. The molecule has 0 aliphatic rings. The predicted molar refractivity (Wildman–Crippen MR) is 54.5 cm³/mol. The first-order chi connectivity index (χ1) is 7.22. The first-order valence-corrected chi connectivity index (χ1v) is 4.46. The third-order valence-electron chi connectivity index (χ3n) is 2.01. The molecule has 1 aromatic carbocycles. The minimum Gasteiger partial charge on any atom is -0.465 e. The topological polar surface area (TPSA) is 44.8 Å². The van der Waals surface area contributed by atoms with Crippen molar-refractivity contribution in [1.29, 1.82) is 0 Å². The lowest BCUT2D eigenvalue weighted by Gasteiger charge is -2.13. The van der Waals surface area contributed by atoms with Crippen molar-refractivity contribution in [2.24, 2.45) is 0 Å². The molecule has 0 aliphatic carbocycles. The van der Waals surface area contributed by atoms with Crippen LogP contribution in [0.15, 0.2) is 24.3 Å². The van der Waals surface area contributed by atoms with Crippen molar-refractivity contribution in [3.63, 3.8) is 0 Å². The minimum absolute atomic E-state index is 0.372. The van der Waals surface area contributed by atoms with Gasteiger partial charge in [-0.25, -0.2) is 4.79 Å². The van der Waals surface area contributed by atoms with Gasteiger partial charge in [-0.05, 0) is 12.1 Å². The Hall–Kier alpha value is -1.39. The van der Waals surface area contributed by atoms with Gasteiger partial charge in [-0.3, -0.25) is 0 Å². The molecule has 4 heteroatoms. The molecule has 0 saturated heterocycles. The van der Waals surface area contributed by atoms with Crippen LogP contribution in [-0.4, -0.2) is 27.3 Å². The number of esters is 1. The third-order valence-corrected chi connectivity index (χ3v) is 2.01. The second-order valence-electron chi connectivity index (χ2n) is 2.92. The van der Waals surface area contributed by atoms with Crippen molar-refractivity contribution in [2.75, 3.05) is 21.3 Å². The molecule has 0 aromatic heterocycles. The van der Waals surface area contributed by atoms with Crippen molar-refractivity contribution < 1.29 is 19.0 Å². The molecule has 0 saturated carbocycles.